The van der Waals surface area contributed by atoms with Gasteiger partial charge in [0.05, 0.1) is 26.1 Å². The molecule has 0 saturated carbocycles. The van der Waals surface area contributed by atoms with Gasteiger partial charge in [0, 0.05) is 13.5 Å². The fourth-order valence-corrected chi connectivity index (χ4v) is 2.50. The lowest BCUT2D eigenvalue weighted by atomic mass is 9.94. The highest BCUT2D eigenvalue weighted by molar-refractivity contribution is 5.93. The van der Waals surface area contributed by atoms with E-state index in [4.69, 9.17) is 14.2 Å². The summed E-state index contributed by atoms with van der Waals surface area (Å²) in [6.07, 6.45) is 0.759. The molecule has 180 valence electrons. The Balaban J connectivity index is 5.61. The second kappa shape index (κ2) is 14.9. The van der Waals surface area contributed by atoms with E-state index in [1.807, 2.05) is 41.5 Å². The van der Waals surface area contributed by atoms with Crippen molar-refractivity contribution in [2.24, 2.45) is 17.8 Å². The van der Waals surface area contributed by atoms with Gasteiger partial charge in [0.1, 0.15) is 0 Å². The molecule has 0 aromatic heterocycles. The molecule has 8 heteroatoms. The first kappa shape index (κ1) is 29.0. The summed E-state index contributed by atoms with van der Waals surface area (Å²) in [7, 11) is 0. The number of hydrogen-bond acceptors (Lipinski definition) is 8. The Hall–Kier alpha value is -1.96. The predicted molar refractivity (Wildman–Crippen MR) is 115 cm³/mol. The van der Waals surface area contributed by atoms with Crippen LogP contribution in [0.1, 0.15) is 80.6 Å². The SMILES string of the molecule is CC(=O)OC(=O)CC(CC(=O)OCCC(C)C)(OCCC(C)C)C(=O)OCCC(C)C. The molecule has 0 aromatic carbocycles. The third kappa shape index (κ3) is 13.9. The van der Waals surface area contributed by atoms with Gasteiger partial charge in [-0.25, -0.2) is 4.79 Å². The van der Waals surface area contributed by atoms with Crippen molar-refractivity contribution in [3.8, 4) is 0 Å². The molecule has 0 heterocycles. The van der Waals surface area contributed by atoms with Crippen LogP contribution < -0.4 is 0 Å². The highest BCUT2D eigenvalue weighted by Gasteiger charge is 2.47. The molecule has 0 aliphatic heterocycles. The van der Waals surface area contributed by atoms with Crippen LogP contribution in [0, 0.1) is 17.8 Å². The Morgan fingerprint density at radius 3 is 1.61 bits per heavy atom. The highest BCUT2D eigenvalue weighted by Crippen LogP contribution is 2.26. The lowest BCUT2D eigenvalue weighted by molar-refractivity contribution is -0.187. The first-order valence-electron chi connectivity index (χ1n) is 11.1. The first-order valence-corrected chi connectivity index (χ1v) is 11.1. The van der Waals surface area contributed by atoms with E-state index in [0.717, 1.165) is 6.92 Å². The van der Waals surface area contributed by atoms with Crippen molar-refractivity contribution in [2.45, 2.75) is 86.2 Å². The summed E-state index contributed by atoms with van der Waals surface area (Å²) >= 11 is 0. The monoisotopic (exact) mass is 444 g/mol. The molecule has 0 N–H and O–H groups in total. The van der Waals surface area contributed by atoms with Crippen molar-refractivity contribution in [3.05, 3.63) is 0 Å². The van der Waals surface area contributed by atoms with E-state index in [9.17, 15) is 19.2 Å². The molecule has 0 aliphatic carbocycles. The Morgan fingerprint density at radius 1 is 0.677 bits per heavy atom. The zero-order chi connectivity index (χ0) is 24.0. The summed E-state index contributed by atoms with van der Waals surface area (Å²) in [6, 6.07) is 0. The Bertz CT molecular complexity index is 582. The third-order valence-electron chi connectivity index (χ3n) is 4.45. The third-order valence-corrected chi connectivity index (χ3v) is 4.45. The number of ether oxygens (including phenoxy) is 4. The van der Waals surface area contributed by atoms with Crippen molar-refractivity contribution in [3.63, 3.8) is 0 Å². The lowest BCUT2D eigenvalue weighted by Gasteiger charge is -2.30. The number of carbonyl (C=O) groups is 4. The molecular formula is C23H40O8. The number of hydrogen-bond donors (Lipinski definition) is 0. The minimum Gasteiger partial charge on any atom is -0.466 e. The van der Waals surface area contributed by atoms with Crippen LogP contribution in [0.2, 0.25) is 0 Å². The Kier molecular flexibility index (Phi) is 14.0. The number of esters is 4. The molecule has 8 nitrogen and oxygen atoms in total. The van der Waals surface area contributed by atoms with Crippen molar-refractivity contribution >= 4 is 23.9 Å². The van der Waals surface area contributed by atoms with E-state index in [1.54, 1.807) is 0 Å². The summed E-state index contributed by atoms with van der Waals surface area (Å²) in [5, 5.41) is 0. The van der Waals surface area contributed by atoms with E-state index in [0.29, 0.717) is 31.1 Å². The molecule has 0 bridgehead atoms. The van der Waals surface area contributed by atoms with Crippen molar-refractivity contribution < 1.29 is 38.1 Å². The van der Waals surface area contributed by atoms with Crippen LogP contribution in [0.15, 0.2) is 0 Å². The molecule has 31 heavy (non-hydrogen) atoms. The van der Waals surface area contributed by atoms with Crippen LogP contribution in [0.3, 0.4) is 0 Å². The van der Waals surface area contributed by atoms with Gasteiger partial charge in [-0.05, 0) is 37.0 Å². The Morgan fingerprint density at radius 2 is 1.13 bits per heavy atom. The van der Waals surface area contributed by atoms with Gasteiger partial charge in [-0.3, -0.25) is 14.4 Å². The molecule has 0 aromatic rings. The van der Waals surface area contributed by atoms with Crippen LogP contribution in [0.5, 0.6) is 0 Å². The zero-order valence-electron chi connectivity index (χ0n) is 20.2. The van der Waals surface area contributed by atoms with Gasteiger partial charge >= 0.3 is 23.9 Å². The summed E-state index contributed by atoms with van der Waals surface area (Å²) in [4.78, 5) is 49.0. The maximum absolute atomic E-state index is 13.0. The normalized spacial score (nSPS) is 13.2. The zero-order valence-corrected chi connectivity index (χ0v) is 20.2. The van der Waals surface area contributed by atoms with Gasteiger partial charge < -0.3 is 18.9 Å². The lowest BCUT2D eigenvalue weighted by Crippen LogP contribution is -2.48. The molecule has 0 saturated heterocycles. The molecule has 1 atom stereocenters. The number of rotatable bonds is 15. The van der Waals surface area contributed by atoms with Crippen LogP contribution in [0.4, 0.5) is 0 Å². The van der Waals surface area contributed by atoms with Crippen LogP contribution in [-0.4, -0.2) is 49.3 Å². The largest absolute Gasteiger partial charge is 0.466 e. The quantitative estimate of drug-likeness (QED) is 0.213. The van der Waals surface area contributed by atoms with Gasteiger partial charge in [0.15, 0.2) is 5.60 Å². The second-order valence-corrected chi connectivity index (χ2v) is 9.07. The smallest absolute Gasteiger partial charge is 0.339 e. The molecule has 0 aliphatic rings. The van der Waals surface area contributed by atoms with Crippen molar-refractivity contribution in [1.29, 1.82) is 0 Å². The van der Waals surface area contributed by atoms with Gasteiger partial charge in [-0.2, -0.15) is 0 Å². The summed E-state index contributed by atoms with van der Waals surface area (Å²) in [5.74, 6) is -2.38. The van der Waals surface area contributed by atoms with E-state index < -0.39 is 42.3 Å². The minimum atomic E-state index is -1.91. The maximum Gasteiger partial charge on any atom is 0.339 e. The fourth-order valence-electron chi connectivity index (χ4n) is 2.50. The van der Waals surface area contributed by atoms with E-state index >= 15 is 0 Å². The summed E-state index contributed by atoms with van der Waals surface area (Å²) in [5.41, 5.74) is -1.91. The van der Waals surface area contributed by atoms with Crippen LogP contribution in [0.25, 0.3) is 0 Å². The van der Waals surface area contributed by atoms with Crippen molar-refractivity contribution in [1.82, 2.24) is 0 Å². The minimum absolute atomic E-state index is 0.121. The summed E-state index contributed by atoms with van der Waals surface area (Å²) in [6.45, 7) is 13.5. The van der Waals surface area contributed by atoms with Gasteiger partial charge in [-0.1, -0.05) is 41.5 Å². The number of carbonyl (C=O) groups excluding carboxylic acids is 4. The molecule has 0 spiro atoms. The molecular weight excluding hydrogens is 404 g/mol. The van der Waals surface area contributed by atoms with Crippen molar-refractivity contribution in [2.75, 3.05) is 19.8 Å². The van der Waals surface area contributed by atoms with Gasteiger partial charge in [0.2, 0.25) is 0 Å². The molecule has 0 rings (SSSR count). The van der Waals surface area contributed by atoms with E-state index in [2.05, 4.69) is 4.74 Å². The highest BCUT2D eigenvalue weighted by atomic mass is 16.6. The molecule has 0 amide bonds. The van der Waals surface area contributed by atoms with Crippen LogP contribution in [-0.2, 0) is 38.1 Å². The van der Waals surface area contributed by atoms with E-state index in [-0.39, 0.29) is 25.7 Å². The average molecular weight is 445 g/mol. The topological polar surface area (TPSA) is 105 Å². The van der Waals surface area contributed by atoms with Crippen LogP contribution >= 0.6 is 0 Å². The Labute approximate surface area is 186 Å². The summed E-state index contributed by atoms with van der Waals surface area (Å²) < 4.78 is 21.0. The van der Waals surface area contributed by atoms with Gasteiger partial charge in [0.25, 0.3) is 0 Å². The molecule has 1 unspecified atom stereocenters. The standard InChI is InChI=1S/C23H40O8/c1-16(2)8-11-28-20(25)14-23(30-13-10-18(5)6,15-21(26)31-19(7)24)22(27)29-12-9-17(3)4/h16-18H,8-15H2,1-7H3. The first-order chi connectivity index (χ1) is 14.4. The molecule has 0 radical (unpaired) electrons. The predicted octanol–water partition coefficient (Wildman–Crippen LogP) is 3.84. The molecule has 0 fully saturated rings. The fraction of sp³-hybridized carbons (Fsp3) is 0.826. The maximum atomic E-state index is 13.0. The second-order valence-electron chi connectivity index (χ2n) is 9.07. The van der Waals surface area contributed by atoms with E-state index in [1.165, 1.54) is 0 Å². The average Bonchev–Trinajstić information content (AvgIpc) is 2.59. The van der Waals surface area contributed by atoms with Gasteiger partial charge in [-0.15, -0.1) is 0 Å².